The second-order valence-corrected chi connectivity index (χ2v) is 6.38. The highest BCUT2D eigenvalue weighted by Gasteiger charge is 2.13. The smallest absolute Gasteiger partial charge is 0.338 e. The van der Waals surface area contributed by atoms with Crippen LogP contribution in [-0.4, -0.2) is 25.2 Å². The van der Waals surface area contributed by atoms with Gasteiger partial charge in [0.2, 0.25) is 0 Å². The molecule has 0 radical (unpaired) electrons. The average Bonchev–Trinajstić information content (AvgIpc) is 2.61. The third-order valence-corrected chi connectivity index (χ3v) is 4.83. The predicted octanol–water partition coefficient (Wildman–Crippen LogP) is 3.77. The van der Waals surface area contributed by atoms with E-state index in [-0.39, 0.29) is 12.0 Å². The molecule has 0 spiro atoms. The van der Waals surface area contributed by atoms with E-state index in [4.69, 9.17) is 9.47 Å². The van der Waals surface area contributed by atoms with Crippen LogP contribution in [0.15, 0.2) is 41.2 Å². The van der Waals surface area contributed by atoms with Gasteiger partial charge >= 0.3 is 11.9 Å². The van der Waals surface area contributed by atoms with Crippen LogP contribution in [0.2, 0.25) is 0 Å². The summed E-state index contributed by atoms with van der Waals surface area (Å²) in [7, 11) is 0. The highest BCUT2D eigenvalue weighted by molar-refractivity contribution is 7.24. The van der Waals surface area contributed by atoms with Crippen LogP contribution in [0.4, 0.5) is 0 Å². The fourth-order valence-corrected chi connectivity index (χ4v) is 3.63. The number of esters is 2. The number of fused-ring (bicyclic) bond motifs is 2. The second kappa shape index (κ2) is 7.03. The maximum Gasteiger partial charge on any atom is 0.338 e. The summed E-state index contributed by atoms with van der Waals surface area (Å²) in [6.45, 7) is 4.04. The minimum atomic E-state index is -0.452. The number of carbonyl (C=O) groups is 2. The van der Waals surface area contributed by atoms with Crippen LogP contribution in [0.1, 0.15) is 34.6 Å². The summed E-state index contributed by atoms with van der Waals surface area (Å²) in [5.74, 6) is -0.867. The molecule has 128 valence electrons. The lowest BCUT2D eigenvalue weighted by Crippen LogP contribution is -2.08. The lowest BCUT2D eigenvalue weighted by Gasteiger charge is -2.06. The monoisotopic (exact) mass is 356 g/mol. The van der Waals surface area contributed by atoms with Crippen molar-refractivity contribution in [1.29, 1.82) is 0 Å². The largest absolute Gasteiger partial charge is 0.462 e. The molecule has 0 aliphatic heterocycles. The Labute approximate surface area is 147 Å². The minimum Gasteiger partial charge on any atom is -0.462 e. The van der Waals surface area contributed by atoms with Crippen molar-refractivity contribution in [3.05, 3.63) is 57.7 Å². The Balaban J connectivity index is 2.16. The van der Waals surface area contributed by atoms with Gasteiger partial charge in [-0.05, 0) is 50.2 Å². The zero-order valence-electron chi connectivity index (χ0n) is 13.8. The van der Waals surface area contributed by atoms with E-state index >= 15 is 0 Å². The van der Waals surface area contributed by atoms with E-state index in [0.717, 1.165) is 4.70 Å². The van der Waals surface area contributed by atoms with E-state index in [1.54, 1.807) is 50.2 Å². The SMILES string of the molecule is CCOC(=O)c1ccc2c(=O)c3cc(C(=O)OCC)ccc3sc2c1. The highest BCUT2D eigenvalue weighted by atomic mass is 32.1. The van der Waals surface area contributed by atoms with Gasteiger partial charge in [-0.3, -0.25) is 4.79 Å². The molecule has 2 aromatic carbocycles. The minimum absolute atomic E-state index is 0.176. The summed E-state index contributed by atoms with van der Waals surface area (Å²) in [4.78, 5) is 36.5. The normalized spacial score (nSPS) is 10.8. The molecule has 0 amide bonds. The number of hydrogen-bond acceptors (Lipinski definition) is 6. The van der Waals surface area contributed by atoms with Crippen molar-refractivity contribution in [2.24, 2.45) is 0 Å². The lowest BCUT2D eigenvalue weighted by molar-refractivity contribution is 0.0517. The van der Waals surface area contributed by atoms with Crippen LogP contribution in [0, 0.1) is 0 Å². The zero-order valence-corrected chi connectivity index (χ0v) is 14.6. The van der Waals surface area contributed by atoms with Gasteiger partial charge in [0.05, 0.1) is 24.3 Å². The summed E-state index contributed by atoms with van der Waals surface area (Å²) >= 11 is 1.39. The number of ether oxygens (including phenoxy) is 2. The molecule has 6 heteroatoms. The van der Waals surface area contributed by atoms with Gasteiger partial charge in [-0.1, -0.05) is 0 Å². The topological polar surface area (TPSA) is 69.7 Å². The summed E-state index contributed by atoms with van der Waals surface area (Å²) in [6.07, 6.45) is 0. The maximum atomic E-state index is 12.8. The Hall–Kier alpha value is -2.73. The average molecular weight is 356 g/mol. The molecule has 0 atom stereocenters. The predicted molar refractivity (Wildman–Crippen MR) is 97.5 cm³/mol. The standard InChI is InChI=1S/C19H16O5S/c1-3-23-18(21)11-6-8-15-14(9-11)17(20)13-7-5-12(10-16(13)25-15)19(22)24-4-2/h5-10H,3-4H2,1-2H3. The van der Waals surface area contributed by atoms with Crippen LogP contribution in [0.3, 0.4) is 0 Å². The summed E-state index contributed by atoms with van der Waals surface area (Å²) in [5.41, 5.74) is 0.582. The lowest BCUT2D eigenvalue weighted by atomic mass is 10.1. The van der Waals surface area contributed by atoms with Gasteiger partial charge in [-0.25, -0.2) is 9.59 Å². The number of benzene rings is 2. The van der Waals surface area contributed by atoms with Crippen LogP contribution in [0.25, 0.3) is 20.2 Å². The molecule has 0 aliphatic carbocycles. The third kappa shape index (κ3) is 3.25. The van der Waals surface area contributed by atoms with Gasteiger partial charge in [-0.2, -0.15) is 0 Å². The molecule has 0 N–H and O–H groups in total. The summed E-state index contributed by atoms with van der Waals surface area (Å²) in [5, 5.41) is 0.971. The molecular weight excluding hydrogens is 340 g/mol. The Morgan fingerprint density at radius 1 is 0.840 bits per heavy atom. The molecule has 0 saturated carbocycles. The quantitative estimate of drug-likeness (QED) is 0.526. The molecule has 25 heavy (non-hydrogen) atoms. The van der Waals surface area contributed by atoms with Gasteiger partial charge < -0.3 is 9.47 Å². The van der Waals surface area contributed by atoms with Crippen LogP contribution in [-0.2, 0) is 9.47 Å². The fourth-order valence-electron chi connectivity index (χ4n) is 2.54. The Bertz CT molecular complexity index is 1040. The number of carbonyl (C=O) groups excluding carboxylic acids is 2. The first kappa shape index (κ1) is 17.1. The van der Waals surface area contributed by atoms with Crippen LogP contribution < -0.4 is 5.43 Å². The zero-order chi connectivity index (χ0) is 18.0. The number of rotatable bonds is 4. The van der Waals surface area contributed by atoms with Gasteiger partial charge in [0.25, 0.3) is 0 Å². The summed E-state index contributed by atoms with van der Waals surface area (Å²) in [6, 6.07) is 9.79. The molecular formula is C19H16O5S. The van der Waals surface area contributed by atoms with Crippen molar-refractivity contribution in [2.75, 3.05) is 13.2 Å². The Kier molecular flexibility index (Phi) is 4.81. The van der Waals surface area contributed by atoms with Crippen molar-refractivity contribution in [3.63, 3.8) is 0 Å². The van der Waals surface area contributed by atoms with Crippen LogP contribution in [0.5, 0.6) is 0 Å². The molecule has 3 rings (SSSR count). The molecule has 0 saturated heterocycles. The van der Waals surface area contributed by atoms with E-state index in [1.807, 2.05) is 0 Å². The molecule has 0 aliphatic rings. The van der Waals surface area contributed by atoms with E-state index in [2.05, 4.69) is 0 Å². The van der Waals surface area contributed by atoms with Gasteiger partial charge in [0, 0.05) is 20.2 Å². The molecule has 0 fully saturated rings. The van der Waals surface area contributed by atoms with E-state index in [1.165, 1.54) is 11.3 Å². The summed E-state index contributed by atoms with van der Waals surface area (Å²) < 4.78 is 11.4. The van der Waals surface area contributed by atoms with Gasteiger partial charge in [-0.15, -0.1) is 11.3 Å². The second-order valence-electron chi connectivity index (χ2n) is 5.29. The van der Waals surface area contributed by atoms with Crippen molar-refractivity contribution in [2.45, 2.75) is 13.8 Å². The van der Waals surface area contributed by atoms with E-state index in [9.17, 15) is 14.4 Å². The van der Waals surface area contributed by atoms with Gasteiger partial charge in [0.1, 0.15) is 0 Å². The van der Waals surface area contributed by atoms with Gasteiger partial charge in [0.15, 0.2) is 5.43 Å². The highest BCUT2D eigenvalue weighted by Crippen LogP contribution is 2.26. The first-order valence-corrected chi connectivity index (χ1v) is 8.71. The molecule has 5 nitrogen and oxygen atoms in total. The number of hydrogen-bond donors (Lipinski definition) is 0. The molecule has 1 aromatic heterocycles. The maximum absolute atomic E-state index is 12.8. The first-order valence-electron chi connectivity index (χ1n) is 7.90. The van der Waals surface area contributed by atoms with Crippen molar-refractivity contribution >= 4 is 43.4 Å². The molecule has 3 aromatic rings. The van der Waals surface area contributed by atoms with E-state index in [0.29, 0.717) is 33.2 Å². The molecule has 0 unspecified atom stereocenters. The van der Waals surface area contributed by atoms with E-state index < -0.39 is 11.9 Å². The Morgan fingerprint density at radius 3 is 2.08 bits per heavy atom. The van der Waals surface area contributed by atoms with Crippen molar-refractivity contribution in [1.82, 2.24) is 0 Å². The van der Waals surface area contributed by atoms with Crippen molar-refractivity contribution < 1.29 is 19.1 Å². The fraction of sp³-hybridized carbons (Fsp3) is 0.211. The molecule has 0 bridgehead atoms. The van der Waals surface area contributed by atoms with Crippen LogP contribution >= 0.6 is 11.3 Å². The van der Waals surface area contributed by atoms with Crippen molar-refractivity contribution in [3.8, 4) is 0 Å². The molecule has 1 heterocycles. The third-order valence-electron chi connectivity index (χ3n) is 3.69. The Morgan fingerprint density at radius 2 is 1.44 bits per heavy atom. The first-order chi connectivity index (χ1) is 12.0.